The van der Waals surface area contributed by atoms with Gasteiger partial charge in [0.25, 0.3) is 0 Å². The Morgan fingerprint density at radius 3 is 2.82 bits per heavy atom. The highest BCUT2D eigenvalue weighted by Crippen LogP contribution is 2.36. The van der Waals surface area contributed by atoms with Crippen LogP contribution in [0, 0.1) is 5.41 Å². The number of likely N-dealkylation sites (tertiary alicyclic amines) is 1. The highest BCUT2D eigenvalue weighted by molar-refractivity contribution is 5.96. The van der Waals surface area contributed by atoms with Gasteiger partial charge in [0.05, 0.1) is 6.04 Å². The molecule has 0 saturated carbocycles. The zero-order chi connectivity index (χ0) is 12.5. The molecule has 0 radical (unpaired) electrons. The van der Waals surface area contributed by atoms with E-state index in [1.807, 2.05) is 6.92 Å². The van der Waals surface area contributed by atoms with Gasteiger partial charge in [0.2, 0.25) is 5.91 Å². The molecule has 2 rings (SSSR count). The summed E-state index contributed by atoms with van der Waals surface area (Å²) in [7, 11) is 0. The van der Waals surface area contributed by atoms with Crippen molar-refractivity contribution in [3.8, 4) is 0 Å². The molecule has 2 heterocycles. The first-order valence-electron chi connectivity index (χ1n) is 6.07. The summed E-state index contributed by atoms with van der Waals surface area (Å²) in [4.78, 5) is 24.4. The molecule has 2 saturated heterocycles. The second kappa shape index (κ2) is 4.62. The lowest BCUT2D eigenvalue weighted by atomic mass is 9.86. The van der Waals surface area contributed by atoms with Crippen molar-refractivity contribution in [2.24, 2.45) is 11.1 Å². The van der Waals surface area contributed by atoms with E-state index in [1.165, 1.54) is 6.42 Å². The van der Waals surface area contributed by atoms with E-state index in [0.29, 0.717) is 5.41 Å². The normalized spacial score (nSPS) is 30.6. The van der Waals surface area contributed by atoms with E-state index in [4.69, 9.17) is 5.73 Å². The Balaban J connectivity index is 1.91. The molecule has 2 aliphatic rings. The van der Waals surface area contributed by atoms with Crippen LogP contribution < -0.4 is 16.4 Å². The Morgan fingerprint density at radius 2 is 2.24 bits per heavy atom. The van der Waals surface area contributed by atoms with Gasteiger partial charge in [-0.05, 0) is 38.3 Å². The van der Waals surface area contributed by atoms with Gasteiger partial charge in [0.1, 0.15) is 0 Å². The van der Waals surface area contributed by atoms with E-state index in [-0.39, 0.29) is 11.9 Å². The van der Waals surface area contributed by atoms with Gasteiger partial charge in [-0.1, -0.05) is 0 Å². The molecule has 0 aromatic rings. The Kier molecular flexibility index (Phi) is 3.35. The summed E-state index contributed by atoms with van der Waals surface area (Å²) in [5.74, 6) is -0.305. The lowest BCUT2D eigenvalue weighted by molar-refractivity contribution is -0.124. The molecule has 2 atom stereocenters. The fraction of sp³-hybridized carbons (Fsp3) is 0.818. The van der Waals surface area contributed by atoms with Crippen LogP contribution in [0.5, 0.6) is 0 Å². The van der Waals surface area contributed by atoms with E-state index < -0.39 is 6.03 Å². The van der Waals surface area contributed by atoms with Crippen molar-refractivity contribution in [2.75, 3.05) is 26.2 Å². The zero-order valence-electron chi connectivity index (χ0n) is 10.2. The summed E-state index contributed by atoms with van der Waals surface area (Å²) >= 11 is 0. The maximum absolute atomic E-state index is 11.7. The van der Waals surface area contributed by atoms with Crippen molar-refractivity contribution in [1.29, 1.82) is 0 Å². The minimum absolute atomic E-state index is 0.289. The molecule has 6 heteroatoms. The number of nitrogens with zero attached hydrogens (tertiary/aromatic N) is 1. The number of carbonyl (C=O) groups excluding carboxylic acids is 2. The molecule has 2 unspecified atom stereocenters. The molecule has 1 spiro atoms. The number of imide groups is 1. The van der Waals surface area contributed by atoms with Crippen molar-refractivity contribution in [2.45, 2.75) is 25.8 Å². The maximum atomic E-state index is 11.7. The summed E-state index contributed by atoms with van der Waals surface area (Å²) < 4.78 is 0. The molecule has 4 N–H and O–H groups in total. The molecule has 2 fully saturated rings. The molecule has 0 aliphatic carbocycles. The van der Waals surface area contributed by atoms with E-state index in [0.717, 1.165) is 32.6 Å². The van der Waals surface area contributed by atoms with Gasteiger partial charge in [-0.2, -0.15) is 0 Å². The van der Waals surface area contributed by atoms with Gasteiger partial charge >= 0.3 is 6.03 Å². The van der Waals surface area contributed by atoms with Gasteiger partial charge in [0, 0.05) is 13.1 Å². The van der Waals surface area contributed by atoms with Crippen LogP contribution in [0.4, 0.5) is 4.79 Å². The number of rotatable bonds is 2. The molecular weight excluding hydrogens is 220 g/mol. The number of carbonyl (C=O) groups is 2. The highest BCUT2D eigenvalue weighted by Gasteiger charge is 2.42. The standard InChI is InChI=1S/C11H20N4O2/c1-8(9(16)14-10(12)17)15-5-3-11(7-15)2-4-13-6-11/h8,13H,2-7H2,1H3,(H3,12,14,16,17). The Morgan fingerprint density at radius 1 is 1.47 bits per heavy atom. The SMILES string of the molecule is CC(C(=O)NC(N)=O)N1CCC2(CCNC2)C1. The summed E-state index contributed by atoms with van der Waals surface area (Å²) in [6, 6.07) is -1.07. The summed E-state index contributed by atoms with van der Waals surface area (Å²) in [6.45, 7) is 5.76. The molecule has 0 aromatic carbocycles. The fourth-order valence-electron chi connectivity index (χ4n) is 2.84. The average Bonchev–Trinajstić information content (AvgIpc) is 2.88. The quantitative estimate of drug-likeness (QED) is 0.593. The number of hydrogen-bond acceptors (Lipinski definition) is 4. The lowest BCUT2D eigenvalue weighted by Gasteiger charge is -2.26. The van der Waals surface area contributed by atoms with Crippen LogP contribution in [0.3, 0.4) is 0 Å². The number of hydrogen-bond donors (Lipinski definition) is 3. The van der Waals surface area contributed by atoms with Gasteiger partial charge in [-0.25, -0.2) is 4.79 Å². The van der Waals surface area contributed by atoms with Crippen LogP contribution in [0.1, 0.15) is 19.8 Å². The highest BCUT2D eigenvalue weighted by atomic mass is 16.2. The summed E-state index contributed by atoms with van der Waals surface area (Å²) in [5, 5.41) is 5.52. The van der Waals surface area contributed by atoms with Crippen LogP contribution in [0.25, 0.3) is 0 Å². The third kappa shape index (κ3) is 2.58. The predicted octanol–water partition coefficient (Wildman–Crippen LogP) is -0.745. The molecule has 2 aliphatic heterocycles. The second-order valence-electron chi connectivity index (χ2n) is 5.18. The van der Waals surface area contributed by atoms with Crippen molar-refractivity contribution in [3.63, 3.8) is 0 Å². The van der Waals surface area contributed by atoms with Crippen LogP contribution in [-0.4, -0.2) is 49.1 Å². The molecule has 0 bridgehead atoms. The van der Waals surface area contributed by atoms with E-state index in [2.05, 4.69) is 15.5 Å². The smallest absolute Gasteiger partial charge is 0.318 e. The number of amides is 3. The lowest BCUT2D eigenvalue weighted by Crippen LogP contribution is -2.48. The number of urea groups is 1. The predicted molar refractivity (Wildman–Crippen MR) is 63.3 cm³/mol. The van der Waals surface area contributed by atoms with Crippen molar-refractivity contribution in [1.82, 2.24) is 15.5 Å². The molecule has 3 amide bonds. The molecular formula is C11H20N4O2. The fourth-order valence-corrected chi connectivity index (χ4v) is 2.84. The van der Waals surface area contributed by atoms with Crippen LogP contribution in [-0.2, 0) is 4.79 Å². The Hall–Kier alpha value is -1.14. The number of nitrogens with one attached hydrogen (secondary N) is 2. The minimum Gasteiger partial charge on any atom is -0.351 e. The van der Waals surface area contributed by atoms with E-state index >= 15 is 0 Å². The number of nitrogens with two attached hydrogens (primary N) is 1. The summed E-state index contributed by atoms with van der Waals surface area (Å²) in [6.07, 6.45) is 2.29. The van der Waals surface area contributed by atoms with Crippen molar-refractivity contribution in [3.05, 3.63) is 0 Å². The monoisotopic (exact) mass is 240 g/mol. The zero-order valence-corrected chi connectivity index (χ0v) is 10.2. The van der Waals surface area contributed by atoms with Gasteiger partial charge in [-0.3, -0.25) is 15.0 Å². The van der Waals surface area contributed by atoms with Crippen molar-refractivity contribution >= 4 is 11.9 Å². The van der Waals surface area contributed by atoms with Crippen LogP contribution in [0.2, 0.25) is 0 Å². The van der Waals surface area contributed by atoms with Crippen molar-refractivity contribution < 1.29 is 9.59 Å². The first-order chi connectivity index (χ1) is 8.02. The van der Waals surface area contributed by atoms with E-state index in [9.17, 15) is 9.59 Å². The molecule has 17 heavy (non-hydrogen) atoms. The van der Waals surface area contributed by atoms with E-state index in [1.54, 1.807) is 0 Å². The van der Waals surface area contributed by atoms with Gasteiger partial charge in [-0.15, -0.1) is 0 Å². The van der Waals surface area contributed by atoms with Crippen LogP contribution >= 0.6 is 0 Å². The Labute approximate surface area is 101 Å². The van der Waals surface area contributed by atoms with Gasteiger partial charge in [0.15, 0.2) is 0 Å². The first kappa shape index (κ1) is 12.3. The minimum atomic E-state index is -0.779. The Bertz CT molecular complexity index is 325. The average molecular weight is 240 g/mol. The molecule has 6 nitrogen and oxygen atoms in total. The van der Waals surface area contributed by atoms with Crippen LogP contribution in [0.15, 0.2) is 0 Å². The summed E-state index contributed by atoms with van der Waals surface area (Å²) in [5.41, 5.74) is 5.28. The third-order valence-corrected chi connectivity index (χ3v) is 3.97. The largest absolute Gasteiger partial charge is 0.351 e. The molecule has 96 valence electrons. The van der Waals surface area contributed by atoms with Gasteiger partial charge < -0.3 is 11.1 Å². The molecule has 0 aromatic heterocycles. The number of primary amides is 1. The third-order valence-electron chi connectivity index (χ3n) is 3.97. The topological polar surface area (TPSA) is 87.5 Å². The first-order valence-corrected chi connectivity index (χ1v) is 6.07. The maximum Gasteiger partial charge on any atom is 0.318 e. The second-order valence-corrected chi connectivity index (χ2v) is 5.18.